The normalized spacial score (nSPS) is 19.2. The summed E-state index contributed by atoms with van der Waals surface area (Å²) < 4.78 is 15.6. The van der Waals surface area contributed by atoms with Crippen molar-refractivity contribution in [1.82, 2.24) is 20.4 Å². The molecular formula is C41H78N6O7. The van der Waals surface area contributed by atoms with Crippen LogP contribution >= 0.6 is 0 Å². The van der Waals surface area contributed by atoms with Crippen molar-refractivity contribution < 1.29 is 33.4 Å². The fourth-order valence-electron chi connectivity index (χ4n) is 7.68. The van der Waals surface area contributed by atoms with E-state index >= 15 is 0 Å². The van der Waals surface area contributed by atoms with E-state index in [0.29, 0.717) is 65.4 Å². The highest BCUT2D eigenvalue weighted by atomic mass is 16.5. The monoisotopic (exact) mass is 767 g/mol. The van der Waals surface area contributed by atoms with Crippen molar-refractivity contribution in [3.05, 3.63) is 0 Å². The van der Waals surface area contributed by atoms with Crippen molar-refractivity contribution >= 4 is 23.6 Å². The van der Waals surface area contributed by atoms with E-state index in [4.69, 9.17) is 25.7 Å². The molecule has 54 heavy (non-hydrogen) atoms. The van der Waals surface area contributed by atoms with Gasteiger partial charge in [0.15, 0.2) is 0 Å². The highest BCUT2D eigenvalue weighted by Crippen LogP contribution is 2.28. The van der Waals surface area contributed by atoms with Crippen molar-refractivity contribution in [1.29, 1.82) is 0 Å². The lowest BCUT2D eigenvalue weighted by Gasteiger charge is -2.35. The molecule has 3 fully saturated rings. The quantitative estimate of drug-likeness (QED) is 0.0928. The molecule has 3 rings (SSSR count). The number of likely N-dealkylation sites (tertiary alicyclic amines) is 2. The van der Waals surface area contributed by atoms with E-state index in [9.17, 15) is 19.2 Å². The number of unbranched alkanes of at least 4 members (excludes halogenated alkanes) is 6. The van der Waals surface area contributed by atoms with E-state index in [1.807, 2.05) is 4.90 Å². The third-order valence-electron chi connectivity index (χ3n) is 10.9. The van der Waals surface area contributed by atoms with Gasteiger partial charge in [-0.3, -0.25) is 19.2 Å². The lowest BCUT2D eigenvalue weighted by Crippen LogP contribution is -2.53. The van der Waals surface area contributed by atoms with Gasteiger partial charge in [-0.25, -0.2) is 0 Å². The standard InChI is InChI=1S/C22H41N3O2.C19H37N3O5/c23-16-7-1-2-8-17-24-22(27)20-14-6-9-18-25(20)21(26)15-10-13-19-11-4-3-5-12-19;1-25-12-13-26-14-15-27-16-18(23)22-11-7-4-8-17(22)19(24)21-10-6-3-2-5-9-20/h19-20H,1-18,23H2,(H,24,27);17H,2-16,20H2,1H3,(H,21,24). The Kier molecular flexibility index (Phi) is 28.2. The first kappa shape index (κ1) is 47.8. The Balaban J connectivity index is 0.000000373. The smallest absolute Gasteiger partial charge is 0.249 e. The summed E-state index contributed by atoms with van der Waals surface area (Å²) in [6.45, 7) is 5.98. The van der Waals surface area contributed by atoms with Gasteiger partial charge in [-0.05, 0) is 96.1 Å². The minimum atomic E-state index is -0.378. The summed E-state index contributed by atoms with van der Waals surface area (Å²) in [5, 5.41) is 6.03. The van der Waals surface area contributed by atoms with Crippen molar-refractivity contribution in [3.63, 3.8) is 0 Å². The minimum absolute atomic E-state index is 0.0174. The van der Waals surface area contributed by atoms with Gasteiger partial charge in [-0.15, -0.1) is 0 Å². The van der Waals surface area contributed by atoms with Crippen molar-refractivity contribution in [2.45, 2.75) is 153 Å². The van der Waals surface area contributed by atoms with Gasteiger partial charge in [0.25, 0.3) is 0 Å². The van der Waals surface area contributed by atoms with Gasteiger partial charge in [0.2, 0.25) is 23.6 Å². The third kappa shape index (κ3) is 21.1. The average molecular weight is 767 g/mol. The number of methoxy groups -OCH3 is 1. The fraction of sp³-hybridized carbons (Fsp3) is 0.902. The SMILES string of the molecule is COCCOCCOCC(=O)N1CCCCC1C(=O)NCCCCCCN.NCCCCCCNC(=O)C1CCCCN1C(=O)CCCC1CCCCC1. The maximum Gasteiger partial charge on any atom is 0.249 e. The molecule has 2 aliphatic heterocycles. The topological polar surface area (TPSA) is 179 Å². The van der Waals surface area contributed by atoms with Crippen LogP contribution in [-0.4, -0.2) is 125 Å². The van der Waals surface area contributed by atoms with E-state index < -0.39 is 0 Å². The van der Waals surface area contributed by atoms with E-state index in [2.05, 4.69) is 10.6 Å². The molecular weight excluding hydrogens is 688 g/mol. The zero-order valence-corrected chi connectivity index (χ0v) is 34.0. The van der Waals surface area contributed by atoms with Crippen molar-refractivity contribution in [2.75, 3.05) is 79.4 Å². The predicted octanol–water partition coefficient (Wildman–Crippen LogP) is 4.44. The maximum absolute atomic E-state index is 12.7. The zero-order valence-electron chi connectivity index (χ0n) is 34.0. The molecule has 2 unspecified atom stereocenters. The van der Waals surface area contributed by atoms with Crippen LogP contribution in [0, 0.1) is 5.92 Å². The van der Waals surface area contributed by atoms with Crippen LogP contribution in [0.25, 0.3) is 0 Å². The Labute approximate surface area is 327 Å². The molecule has 0 spiro atoms. The molecule has 0 aromatic heterocycles. The number of carbonyl (C=O) groups excluding carboxylic acids is 4. The predicted molar refractivity (Wildman–Crippen MR) is 214 cm³/mol. The summed E-state index contributed by atoms with van der Waals surface area (Å²) >= 11 is 0. The number of piperidine rings is 2. The number of nitrogens with one attached hydrogen (secondary N) is 2. The second kappa shape index (κ2) is 31.8. The number of nitrogens with two attached hydrogens (primary N) is 2. The molecule has 314 valence electrons. The Morgan fingerprint density at radius 2 is 1.07 bits per heavy atom. The molecule has 0 aromatic carbocycles. The van der Waals surface area contributed by atoms with Crippen LogP contribution in [0.3, 0.4) is 0 Å². The minimum Gasteiger partial charge on any atom is -0.382 e. The van der Waals surface area contributed by atoms with Crippen LogP contribution in [0.2, 0.25) is 0 Å². The lowest BCUT2D eigenvalue weighted by atomic mass is 9.85. The molecule has 0 aromatic rings. The second-order valence-corrected chi connectivity index (χ2v) is 15.2. The Morgan fingerprint density at radius 3 is 1.63 bits per heavy atom. The molecule has 0 radical (unpaired) electrons. The van der Waals surface area contributed by atoms with Gasteiger partial charge in [-0.2, -0.15) is 0 Å². The largest absolute Gasteiger partial charge is 0.382 e. The molecule has 2 saturated heterocycles. The highest BCUT2D eigenvalue weighted by Gasteiger charge is 2.33. The van der Waals surface area contributed by atoms with Crippen LogP contribution in [0.15, 0.2) is 0 Å². The Hall–Kier alpha value is -2.32. The number of hydrogen-bond donors (Lipinski definition) is 4. The fourth-order valence-corrected chi connectivity index (χ4v) is 7.68. The molecule has 1 saturated carbocycles. The maximum atomic E-state index is 12.7. The number of nitrogens with zero attached hydrogens (tertiary/aromatic N) is 2. The van der Waals surface area contributed by atoms with Crippen LogP contribution in [0.1, 0.15) is 141 Å². The van der Waals surface area contributed by atoms with Gasteiger partial charge < -0.3 is 46.1 Å². The number of hydrogen-bond acceptors (Lipinski definition) is 9. The Morgan fingerprint density at radius 1 is 0.574 bits per heavy atom. The number of rotatable bonds is 26. The van der Waals surface area contributed by atoms with E-state index in [1.54, 1.807) is 12.0 Å². The molecule has 0 bridgehead atoms. The second-order valence-electron chi connectivity index (χ2n) is 15.2. The molecule has 13 heteroatoms. The molecule has 6 N–H and O–H groups in total. The van der Waals surface area contributed by atoms with Gasteiger partial charge in [0.05, 0.1) is 26.4 Å². The molecule has 2 atom stereocenters. The number of amides is 4. The van der Waals surface area contributed by atoms with Crippen LogP contribution in [-0.2, 0) is 33.4 Å². The van der Waals surface area contributed by atoms with E-state index in [-0.39, 0.29) is 42.3 Å². The van der Waals surface area contributed by atoms with Crippen molar-refractivity contribution in [2.24, 2.45) is 17.4 Å². The summed E-state index contributed by atoms with van der Waals surface area (Å²) in [7, 11) is 1.62. The summed E-state index contributed by atoms with van der Waals surface area (Å²) in [6, 6.07) is -0.623. The number of ether oxygens (including phenoxy) is 3. The van der Waals surface area contributed by atoms with Gasteiger partial charge in [0.1, 0.15) is 18.7 Å². The summed E-state index contributed by atoms with van der Waals surface area (Å²) in [4.78, 5) is 53.8. The average Bonchev–Trinajstić information content (AvgIpc) is 3.20. The first-order chi connectivity index (χ1) is 26.4. The third-order valence-corrected chi connectivity index (χ3v) is 10.9. The highest BCUT2D eigenvalue weighted by molar-refractivity contribution is 5.88. The first-order valence-electron chi connectivity index (χ1n) is 21.6. The Bertz CT molecular complexity index is 999. The van der Waals surface area contributed by atoms with Crippen LogP contribution in [0.4, 0.5) is 0 Å². The summed E-state index contributed by atoms with van der Waals surface area (Å²) in [6.07, 6.45) is 23.4. The first-order valence-corrected chi connectivity index (χ1v) is 21.6. The molecule has 1 aliphatic carbocycles. The van der Waals surface area contributed by atoms with Gasteiger partial charge in [-0.1, -0.05) is 57.8 Å². The lowest BCUT2D eigenvalue weighted by molar-refractivity contribution is -0.146. The van der Waals surface area contributed by atoms with E-state index in [0.717, 1.165) is 109 Å². The summed E-state index contributed by atoms with van der Waals surface area (Å²) in [5.41, 5.74) is 11.0. The molecule has 4 amide bonds. The summed E-state index contributed by atoms with van der Waals surface area (Å²) in [5.74, 6) is 0.883. The zero-order chi connectivity index (χ0) is 39.1. The van der Waals surface area contributed by atoms with Gasteiger partial charge >= 0.3 is 0 Å². The molecule has 2 heterocycles. The number of carbonyl (C=O) groups is 4. The van der Waals surface area contributed by atoms with Crippen molar-refractivity contribution in [3.8, 4) is 0 Å². The van der Waals surface area contributed by atoms with Crippen LogP contribution < -0.4 is 22.1 Å². The van der Waals surface area contributed by atoms with Crippen LogP contribution in [0.5, 0.6) is 0 Å². The molecule has 13 nitrogen and oxygen atoms in total. The van der Waals surface area contributed by atoms with E-state index in [1.165, 1.54) is 38.5 Å². The molecule has 3 aliphatic rings. The van der Waals surface area contributed by atoms with Gasteiger partial charge in [0, 0.05) is 39.7 Å².